The molecule has 0 spiro atoms. The van der Waals surface area contributed by atoms with Crippen molar-refractivity contribution in [2.45, 2.75) is 49.1 Å². The van der Waals surface area contributed by atoms with E-state index in [1.54, 1.807) is 36.4 Å². The molecule has 2 atom stereocenters. The molecule has 0 bridgehead atoms. The van der Waals surface area contributed by atoms with E-state index in [1.807, 2.05) is 68.4 Å². The summed E-state index contributed by atoms with van der Waals surface area (Å²) in [6.07, 6.45) is 0.661. The van der Waals surface area contributed by atoms with Crippen molar-refractivity contribution in [3.05, 3.63) is 129 Å². The highest BCUT2D eigenvalue weighted by Gasteiger charge is 2.48. The number of ketones is 1. The van der Waals surface area contributed by atoms with Crippen molar-refractivity contribution in [2.75, 3.05) is 11.5 Å². The minimum atomic E-state index is -1.03. The maximum absolute atomic E-state index is 13.9. The maximum atomic E-state index is 13.9. The molecule has 0 aliphatic carbocycles. The highest BCUT2D eigenvalue weighted by atomic mass is 35.5. The fourth-order valence-electron chi connectivity index (χ4n) is 5.97. The molecule has 1 aromatic heterocycles. The molecule has 5 aromatic rings. The molecule has 12 heteroatoms. The summed E-state index contributed by atoms with van der Waals surface area (Å²) in [6.45, 7) is 4.51. The van der Waals surface area contributed by atoms with Crippen molar-refractivity contribution in [3.8, 4) is 17.2 Å². The molecule has 1 saturated heterocycles. The third kappa shape index (κ3) is 6.94. The van der Waals surface area contributed by atoms with Crippen LogP contribution in [0.25, 0.3) is 5.76 Å². The molecule has 254 valence electrons. The summed E-state index contributed by atoms with van der Waals surface area (Å²) in [5.41, 5.74) is 3.83. The van der Waals surface area contributed by atoms with Gasteiger partial charge in [-0.15, -0.1) is 10.2 Å². The zero-order valence-electron chi connectivity index (χ0n) is 27.2. The van der Waals surface area contributed by atoms with E-state index in [-0.39, 0.29) is 22.6 Å². The van der Waals surface area contributed by atoms with E-state index in [4.69, 9.17) is 25.8 Å². The highest BCUT2D eigenvalue weighted by molar-refractivity contribution is 8.00. The van der Waals surface area contributed by atoms with E-state index in [2.05, 4.69) is 10.2 Å². The highest BCUT2D eigenvalue weighted by Crippen LogP contribution is 2.46. The van der Waals surface area contributed by atoms with Crippen LogP contribution in [-0.2, 0) is 28.4 Å². The first-order chi connectivity index (χ1) is 24.3. The Bertz CT molecular complexity index is 2090. The molecule has 50 heavy (non-hydrogen) atoms. The number of carbonyl (C=O) groups is 2. The van der Waals surface area contributed by atoms with Crippen molar-refractivity contribution >= 4 is 57.3 Å². The van der Waals surface area contributed by atoms with Crippen LogP contribution in [0.4, 0.5) is 5.13 Å². The van der Waals surface area contributed by atoms with Crippen LogP contribution in [-0.4, -0.2) is 39.7 Å². The number of thioether (sulfide) groups is 1. The van der Waals surface area contributed by atoms with Crippen molar-refractivity contribution < 1.29 is 28.9 Å². The third-order valence-corrected chi connectivity index (χ3v) is 10.7. The summed E-state index contributed by atoms with van der Waals surface area (Å²) in [6, 6.07) is 26.8. The van der Waals surface area contributed by atoms with Gasteiger partial charge in [-0.25, -0.2) is 0 Å². The second kappa shape index (κ2) is 14.6. The molecule has 1 fully saturated rings. The van der Waals surface area contributed by atoms with Crippen LogP contribution < -0.4 is 19.1 Å². The lowest BCUT2D eigenvalue weighted by molar-refractivity contribution is -0.132. The van der Waals surface area contributed by atoms with Crippen LogP contribution >= 0.6 is 34.7 Å². The number of ether oxygens (including phenoxy) is 3. The quantitative estimate of drug-likeness (QED) is 0.0472. The first-order valence-electron chi connectivity index (χ1n) is 16.0. The second-order valence-electron chi connectivity index (χ2n) is 11.8. The van der Waals surface area contributed by atoms with E-state index in [0.29, 0.717) is 57.4 Å². The van der Waals surface area contributed by atoms with Gasteiger partial charge in [-0.2, -0.15) is 0 Å². The Labute approximate surface area is 302 Å². The summed E-state index contributed by atoms with van der Waals surface area (Å²) in [4.78, 5) is 29.1. The van der Waals surface area contributed by atoms with Gasteiger partial charge in [0.25, 0.3) is 5.78 Å². The van der Waals surface area contributed by atoms with Crippen LogP contribution in [0.3, 0.4) is 0 Å². The number of rotatable bonds is 11. The fraction of sp³-hybridized carbons (Fsp3) is 0.211. The number of fused-ring (bicyclic) bond motifs is 1. The van der Waals surface area contributed by atoms with Gasteiger partial charge in [0.2, 0.25) is 5.13 Å². The number of carbonyl (C=O) groups excluding carboxylic acids is 2. The number of aliphatic hydroxyl groups excluding tert-OH is 1. The molecular formula is C38H32ClN3O6S2. The number of hydrogen-bond acceptors (Lipinski definition) is 10. The fourth-order valence-corrected chi connectivity index (χ4v) is 7.92. The Morgan fingerprint density at radius 2 is 1.78 bits per heavy atom. The lowest BCUT2D eigenvalue weighted by Gasteiger charge is -2.24. The molecule has 1 N–H and O–H groups in total. The second-order valence-corrected chi connectivity index (χ2v) is 14.4. The number of aromatic nitrogens is 2. The number of nitrogens with zero attached hydrogens (tertiary/aromatic N) is 3. The van der Waals surface area contributed by atoms with Gasteiger partial charge in [0.05, 0.1) is 18.2 Å². The van der Waals surface area contributed by atoms with E-state index < -0.39 is 17.7 Å². The number of halogens is 1. The predicted molar refractivity (Wildman–Crippen MR) is 194 cm³/mol. The summed E-state index contributed by atoms with van der Waals surface area (Å²) in [5.74, 6) is 0.343. The van der Waals surface area contributed by atoms with Crippen molar-refractivity contribution in [3.63, 3.8) is 0 Å². The van der Waals surface area contributed by atoms with Crippen LogP contribution in [0.15, 0.2) is 101 Å². The molecule has 4 aromatic carbocycles. The van der Waals surface area contributed by atoms with Gasteiger partial charge < -0.3 is 19.3 Å². The lowest BCUT2D eigenvalue weighted by atomic mass is 9.94. The average molecular weight is 726 g/mol. The van der Waals surface area contributed by atoms with E-state index in [9.17, 15) is 14.7 Å². The Morgan fingerprint density at radius 1 is 0.980 bits per heavy atom. The number of anilines is 1. The zero-order chi connectivity index (χ0) is 34.8. The Morgan fingerprint density at radius 3 is 2.56 bits per heavy atom. The molecule has 0 radical (unpaired) electrons. The van der Waals surface area contributed by atoms with Gasteiger partial charge in [0.15, 0.2) is 15.8 Å². The van der Waals surface area contributed by atoms with Gasteiger partial charge in [0, 0.05) is 22.8 Å². The Balaban J connectivity index is 1.27. The Kier molecular flexibility index (Phi) is 9.80. The van der Waals surface area contributed by atoms with Crippen LogP contribution in [0.5, 0.6) is 17.2 Å². The SMILES string of the molecule is CCOc1cc(C2C(=C(O)c3ccc4c(c3)CC(C)O4)C(=O)C(=O)N2c2nnc(SCc3ccc(Cl)cc3)s2)ccc1OCc1ccccc1. The van der Waals surface area contributed by atoms with E-state index in [0.717, 1.165) is 22.4 Å². The normalized spacial score (nSPS) is 17.9. The number of Topliss-reactive ketones (excluding diaryl/α,β-unsaturated/α-hetero) is 1. The smallest absolute Gasteiger partial charge is 0.301 e. The Hall–Kier alpha value is -4.84. The number of hydrogen-bond donors (Lipinski definition) is 1. The van der Waals surface area contributed by atoms with Gasteiger partial charge in [-0.1, -0.05) is 83.2 Å². The number of benzene rings is 4. The minimum Gasteiger partial charge on any atom is -0.507 e. The summed E-state index contributed by atoms with van der Waals surface area (Å²) in [5, 5.41) is 21.4. The third-order valence-electron chi connectivity index (χ3n) is 8.31. The van der Waals surface area contributed by atoms with Gasteiger partial charge in [-0.05, 0) is 78.6 Å². The van der Waals surface area contributed by atoms with Gasteiger partial charge >= 0.3 is 5.91 Å². The van der Waals surface area contributed by atoms with E-state index in [1.165, 1.54) is 28.0 Å². The number of aliphatic hydroxyl groups is 1. The zero-order valence-corrected chi connectivity index (χ0v) is 29.6. The molecule has 9 nitrogen and oxygen atoms in total. The standard InChI is InChI=1S/C38H32ClN3O6S2/c1-3-46-31-19-25(11-16-30(31)47-20-23-7-5-4-6-8-23)33-32(34(43)26-12-15-29-27(18-26)17-22(2)48-29)35(44)36(45)42(33)37-40-41-38(50-37)49-21-24-9-13-28(39)14-10-24/h4-16,18-19,22,33,43H,3,17,20-21H2,1-2H3. The molecular weight excluding hydrogens is 694 g/mol. The lowest BCUT2D eigenvalue weighted by Crippen LogP contribution is -2.29. The average Bonchev–Trinajstić information content (AvgIpc) is 3.82. The molecule has 1 amide bonds. The molecule has 3 heterocycles. The molecule has 0 saturated carbocycles. The molecule has 2 aliphatic heterocycles. The van der Waals surface area contributed by atoms with E-state index >= 15 is 0 Å². The minimum absolute atomic E-state index is 0.00301. The summed E-state index contributed by atoms with van der Waals surface area (Å²) >= 11 is 8.70. The number of amides is 1. The van der Waals surface area contributed by atoms with Crippen LogP contribution in [0.1, 0.15) is 47.7 Å². The first-order valence-corrected chi connectivity index (χ1v) is 18.2. The van der Waals surface area contributed by atoms with Gasteiger partial charge in [-0.3, -0.25) is 14.5 Å². The van der Waals surface area contributed by atoms with Crippen molar-refractivity contribution in [1.29, 1.82) is 0 Å². The largest absolute Gasteiger partial charge is 0.507 e. The van der Waals surface area contributed by atoms with Crippen LogP contribution in [0, 0.1) is 0 Å². The van der Waals surface area contributed by atoms with Crippen molar-refractivity contribution in [1.82, 2.24) is 10.2 Å². The van der Waals surface area contributed by atoms with Gasteiger partial charge in [0.1, 0.15) is 24.2 Å². The summed E-state index contributed by atoms with van der Waals surface area (Å²) < 4.78 is 18.6. The summed E-state index contributed by atoms with van der Waals surface area (Å²) in [7, 11) is 0. The molecule has 7 rings (SSSR count). The maximum Gasteiger partial charge on any atom is 0.301 e. The van der Waals surface area contributed by atoms with Crippen molar-refractivity contribution in [2.24, 2.45) is 0 Å². The topological polar surface area (TPSA) is 111 Å². The van der Waals surface area contributed by atoms with Crippen LogP contribution in [0.2, 0.25) is 5.02 Å². The monoisotopic (exact) mass is 725 g/mol. The predicted octanol–water partition coefficient (Wildman–Crippen LogP) is 8.41. The molecule has 2 unspecified atom stereocenters. The first kappa shape index (κ1) is 33.6. The molecule has 2 aliphatic rings.